The Labute approximate surface area is 90.0 Å². The maximum atomic E-state index is 11.0. The van der Waals surface area contributed by atoms with Crippen LogP contribution in [-0.2, 0) is 30.2 Å². The second-order valence-corrected chi connectivity index (χ2v) is 5.27. The smallest absolute Gasteiger partial charge is 0.274 e. The van der Waals surface area contributed by atoms with Crippen LogP contribution < -0.4 is 4.72 Å². The number of nitrogens with one attached hydrogen (secondary N) is 1. The van der Waals surface area contributed by atoms with E-state index in [1.807, 2.05) is 0 Å². The summed E-state index contributed by atoms with van der Waals surface area (Å²) in [5, 5.41) is 0. The van der Waals surface area contributed by atoms with Crippen LogP contribution in [0.1, 0.15) is 6.42 Å². The number of rotatable bonds is 3. The molecule has 0 aromatic carbocycles. The quantitative estimate of drug-likeness (QED) is 0.370. The lowest BCUT2D eigenvalue weighted by molar-refractivity contribution is -0.145. The molecular weight excluding hydrogens is 268 g/mol. The van der Waals surface area contributed by atoms with Crippen LogP contribution in [0.15, 0.2) is 0 Å². The summed E-state index contributed by atoms with van der Waals surface area (Å²) in [5.41, 5.74) is 0. The van der Waals surface area contributed by atoms with Crippen LogP contribution in [0.3, 0.4) is 0 Å². The zero-order valence-electron chi connectivity index (χ0n) is 7.39. The minimum Gasteiger partial charge on any atom is -0.274 e. The summed E-state index contributed by atoms with van der Waals surface area (Å²) in [7, 11) is -9.76. The molecule has 1 aliphatic rings. The van der Waals surface area contributed by atoms with Crippen LogP contribution in [0.25, 0.3) is 0 Å². The van der Waals surface area contributed by atoms with Gasteiger partial charge >= 0.3 is 20.6 Å². The maximum absolute atomic E-state index is 11.0. The van der Waals surface area contributed by atoms with E-state index in [-0.39, 0.29) is 4.31 Å². The summed E-state index contributed by atoms with van der Waals surface area (Å²) in [6, 6.07) is -1.68. The highest BCUT2D eigenvalue weighted by molar-refractivity contribution is 7.84. The molecule has 0 aromatic rings. The number of nitrogens with zero attached hydrogens (tertiary/aromatic N) is 1. The van der Waals surface area contributed by atoms with Crippen LogP contribution >= 0.6 is 0 Å². The maximum Gasteiger partial charge on any atom is 0.362 e. The molecule has 1 heterocycles. The van der Waals surface area contributed by atoms with E-state index < -0.39 is 44.9 Å². The Morgan fingerprint density at radius 2 is 1.81 bits per heavy atom. The second kappa shape index (κ2) is 3.65. The van der Waals surface area contributed by atoms with Crippen LogP contribution in [0.4, 0.5) is 0 Å². The van der Waals surface area contributed by atoms with Crippen LogP contribution in [-0.4, -0.2) is 48.1 Å². The van der Waals surface area contributed by atoms with E-state index in [1.165, 1.54) is 0 Å². The second-order valence-electron chi connectivity index (χ2n) is 2.83. The van der Waals surface area contributed by atoms with E-state index in [0.29, 0.717) is 0 Å². The van der Waals surface area contributed by atoms with E-state index in [0.717, 1.165) is 4.72 Å². The fourth-order valence-corrected chi connectivity index (χ4v) is 2.30. The Hall–Kier alpha value is -1.24. The third-order valence-corrected chi connectivity index (χ3v) is 3.09. The molecule has 1 unspecified atom stereocenters. The van der Waals surface area contributed by atoms with Crippen molar-refractivity contribution >= 4 is 32.4 Å². The van der Waals surface area contributed by atoms with Crippen molar-refractivity contribution in [3.8, 4) is 0 Å². The van der Waals surface area contributed by atoms with Gasteiger partial charge in [0, 0.05) is 0 Å². The Balaban J connectivity index is 2.86. The number of hydrogen-bond donors (Lipinski definition) is 3. The van der Waals surface area contributed by atoms with Gasteiger partial charge in [-0.1, -0.05) is 0 Å². The van der Waals surface area contributed by atoms with Gasteiger partial charge in [-0.25, -0.2) is 9.03 Å². The lowest BCUT2D eigenvalue weighted by Gasteiger charge is -2.34. The monoisotopic (exact) mass is 274 g/mol. The molecule has 0 spiro atoms. The van der Waals surface area contributed by atoms with Gasteiger partial charge in [-0.05, 0) is 0 Å². The van der Waals surface area contributed by atoms with Crippen molar-refractivity contribution < 1.29 is 35.5 Å². The van der Waals surface area contributed by atoms with E-state index in [9.17, 15) is 26.4 Å². The molecule has 2 amide bonds. The van der Waals surface area contributed by atoms with Crippen molar-refractivity contribution in [3.63, 3.8) is 0 Å². The number of hydrogen-bond acceptors (Lipinski definition) is 6. The first-order valence-electron chi connectivity index (χ1n) is 3.61. The van der Waals surface area contributed by atoms with E-state index in [1.54, 1.807) is 0 Å². The molecule has 0 radical (unpaired) electrons. The highest BCUT2D eigenvalue weighted by atomic mass is 32.2. The van der Waals surface area contributed by atoms with Crippen LogP contribution in [0.5, 0.6) is 0 Å². The predicted octanol–water partition coefficient (Wildman–Crippen LogP) is -2.69. The molecule has 0 aliphatic carbocycles. The Morgan fingerprint density at radius 1 is 1.31 bits per heavy atom. The van der Waals surface area contributed by atoms with E-state index in [4.69, 9.17) is 9.11 Å². The van der Waals surface area contributed by atoms with Gasteiger partial charge in [0.05, 0.1) is 6.42 Å². The van der Waals surface area contributed by atoms with Crippen LogP contribution in [0.2, 0.25) is 0 Å². The van der Waals surface area contributed by atoms with Gasteiger partial charge in [-0.3, -0.25) is 18.7 Å². The highest BCUT2D eigenvalue weighted by Gasteiger charge is 2.48. The predicted molar refractivity (Wildman–Crippen MR) is 46.5 cm³/mol. The third-order valence-electron chi connectivity index (χ3n) is 1.68. The summed E-state index contributed by atoms with van der Waals surface area (Å²) in [4.78, 5) is 21.8. The highest BCUT2D eigenvalue weighted by Crippen LogP contribution is 2.22. The summed E-state index contributed by atoms with van der Waals surface area (Å²) < 4.78 is 59.2. The molecule has 0 aromatic heterocycles. The minimum absolute atomic E-state index is 0.187. The molecule has 1 fully saturated rings. The number of carbonyl (C=O) groups excluding carboxylic acids is 2. The summed E-state index contributed by atoms with van der Waals surface area (Å²) in [6.45, 7) is 0. The van der Waals surface area contributed by atoms with Crippen molar-refractivity contribution in [2.75, 3.05) is 0 Å². The fourth-order valence-electron chi connectivity index (χ4n) is 1.08. The van der Waals surface area contributed by atoms with Gasteiger partial charge in [0.25, 0.3) is 5.91 Å². The first-order valence-corrected chi connectivity index (χ1v) is 6.45. The number of amides is 2. The molecule has 1 saturated heterocycles. The summed E-state index contributed by atoms with van der Waals surface area (Å²) in [5.74, 6) is -2.49. The normalized spacial score (nSPS) is 21.5. The zero-order valence-corrected chi connectivity index (χ0v) is 9.03. The Kier molecular flexibility index (Phi) is 2.93. The van der Waals surface area contributed by atoms with Gasteiger partial charge < -0.3 is 0 Å². The lowest BCUT2D eigenvalue weighted by Crippen LogP contribution is -2.61. The standard InChI is InChI=1S/C4H6N2O8S2/c7-3-1-2(6(3)16(12,13)14)4(8)5-15(9,10)11/h2H,1H2,(H,5,8)(H,9,10,11)(H,12,13,14). The average Bonchev–Trinajstić information content (AvgIpc) is 1.92. The molecule has 1 rings (SSSR count). The van der Waals surface area contributed by atoms with Gasteiger partial charge in [-0.2, -0.15) is 16.8 Å². The molecule has 0 saturated carbocycles. The molecule has 0 bridgehead atoms. The van der Waals surface area contributed by atoms with E-state index in [2.05, 4.69) is 0 Å². The van der Waals surface area contributed by atoms with Crippen LogP contribution in [0, 0.1) is 0 Å². The molecular formula is C4H6N2O8S2. The Morgan fingerprint density at radius 3 is 2.12 bits per heavy atom. The number of β-lactam (4-membered cyclic amide) rings is 1. The minimum atomic E-state index is -4.92. The molecule has 1 atom stereocenters. The molecule has 10 nitrogen and oxygen atoms in total. The summed E-state index contributed by atoms with van der Waals surface area (Å²) in [6.07, 6.45) is -0.582. The van der Waals surface area contributed by atoms with Gasteiger partial charge in [0.1, 0.15) is 6.04 Å². The van der Waals surface area contributed by atoms with Crippen molar-refractivity contribution in [3.05, 3.63) is 0 Å². The van der Waals surface area contributed by atoms with E-state index >= 15 is 0 Å². The van der Waals surface area contributed by atoms with Gasteiger partial charge in [-0.15, -0.1) is 0 Å². The van der Waals surface area contributed by atoms with Crippen molar-refractivity contribution in [2.45, 2.75) is 12.5 Å². The van der Waals surface area contributed by atoms with Crippen molar-refractivity contribution in [1.29, 1.82) is 0 Å². The van der Waals surface area contributed by atoms with Gasteiger partial charge in [0.15, 0.2) is 0 Å². The fraction of sp³-hybridized carbons (Fsp3) is 0.500. The Bertz CT molecular complexity index is 532. The van der Waals surface area contributed by atoms with Crippen molar-refractivity contribution in [1.82, 2.24) is 9.03 Å². The molecule has 16 heavy (non-hydrogen) atoms. The first-order chi connectivity index (χ1) is 7.02. The SMILES string of the molecule is O=C(NS(=O)(=O)O)C1CC(=O)N1S(=O)(=O)O. The molecule has 92 valence electrons. The average molecular weight is 274 g/mol. The zero-order chi connectivity index (χ0) is 12.7. The van der Waals surface area contributed by atoms with Gasteiger partial charge in [0.2, 0.25) is 5.91 Å². The third kappa shape index (κ3) is 2.66. The van der Waals surface area contributed by atoms with Crippen molar-refractivity contribution in [2.24, 2.45) is 0 Å². The lowest BCUT2D eigenvalue weighted by atomic mass is 10.1. The molecule has 12 heteroatoms. The number of carbonyl (C=O) groups is 2. The summed E-state index contributed by atoms with van der Waals surface area (Å²) >= 11 is 0. The first kappa shape index (κ1) is 12.8. The largest absolute Gasteiger partial charge is 0.362 e. The molecule has 1 aliphatic heterocycles. The topological polar surface area (TPSA) is 158 Å². The molecule has 3 N–H and O–H groups in total.